The molecule has 0 aliphatic carbocycles. The lowest BCUT2D eigenvalue weighted by Crippen LogP contribution is -2.20. The molecule has 0 unspecified atom stereocenters. The van der Waals surface area contributed by atoms with E-state index in [4.69, 9.17) is 16.3 Å². The molecule has 0 saturated carbocycles. The molecule has 0 aromatic heterocycles. The van der Waals surface area contributed by atoms with E-state index >= 15 is 0 Å². The normalized spacial score (nSPS) is 11.6. The number of hydrazone groups is 1. The third-order valence-electron chi connectivity index (χ3n) is 3.94. The molecule has 2 N–H and O–H groups in total. The number of aromatic hydroxyl groups is 1. The van der Waals surface area contributed by atoms with Gasteiger partial charge in [0.25, 0.3) is 0 Å². The monoisotopic (exact) mass is 388 g/mol. The number of amides is 1. The van der Waals surface area contributed by atoms with E-state index in [1.54, 1.807) is 12.1 Å². The van der Waals surface area contributed by atoms with Crippen molar-refractivity contribution >= 4 is 23.7 Å². The highest BCUT2D eigenvalue weighted by Gasteiger charge is 2.13. The molecule has 0 fully saturated rings. The lowest BCUT2D eigenvalue weighted by atomic mass is 9.86. The highest BCUT2D eigenvalue weighted by Crippen LogP contribution is 2.34. The first-order chi connectivity index (χ1) is 12.7. The third kappa shape index (κ3) is 6.00. The minimum atomic E-state index is -0.218. The first-order valence-electron chi connectivity index (χ1n) is 8.77. The van der Waals surface area contributed by atoms with Gasteiger partial charge in [-0.15, -0.1) is 0 Å². The predicted molar refractivity (Wildman–Crippen MR) is 109 cm³/mol. The molecule has 2 aromatic carbocycles. The number of rotatable bonds is 6. The van der Waals surface area contributed by atoms with Crippen LogP contribution >= 0.6 is 11.6 Å². The summed E-state index contributed by atoms with van der Waals surface area (Å²) in [6, 6.07) is 11.1. The Morgan fingerprint density at radius 1 is 1.26 bits per heavy atom. The van der Waals surface area contributed by atoms with Crippen molar-refractivity contribution in [2.75, 3.05) is 6.61 Å². The van der Waals surface area contributed by atoms with Crippen LogP contribution in [0.2, 0.25) is 5.02 Å². The second-order valence-corrected chi connectivity index (χ2v) is 7.61. The molecule has 6 heteroatoms. The summed E-state index contributed by atoms with van der Waals surface area (Å²) in [6.45, 7) is 8.65. The number of carbonyl (C=O) groups excluding carboxylic acids is 1. The van der Waals surface area contributed by atoms with Crippen LogP contribution in [-0.4, -0.2) is 23.8 Å². The van der Waals surface area contributed by atoms with Gasteiger partial charge in [-0.1, -0.05) is 56.6 Å². The summed E-state index contributed by atoms with van der Waals surface area (Å²) in [5, 5.41) is 13.9. The fourth-order valence-corrected chi connectivity index (χ4v) is 2.68. The van der Waals surface area contributed by atoms with Gasteiger partial charge >= 0.3 is 0 Å². The van der Waals surface area contributed by atoms with Gasteiger partial charge in [-0.25, -0.2) is 5.43 Å². The maximum Gasteiger partial charge on any atom is 0.244 e. The highest BCUT2D eigenvalue weighted by atomic mass is 35.5. The molecule has 0 aliphatic rings. The average molecular weight is 389 g/mol. The van der Waals surface area contributed by atoms with E-state index in [0.717, 1.165) is 5.56 Å². The quantitative estimate of drug-likeness (QED) is 0.567. The molecule has 0 atom stereocenters. The van der Waals surface area contributed by atoms with Crippen LogP contribution < -0.4 is 10.2 Å². The minimum Gasteiger partial charge on any atom is -0.503 e. The molecular formula is C21H25ClN2O3. The lowest BCUT2D eigenvalue weighted by molar-refractivity contribution is -0.120. The molecule has 27 heavy (non-hydrogen) atoms. The Balaban J connectivity index is 1.97. The summed E-state index contributed by atoms with van der Waals surface area (Å²) in [4.78, 5) is 12.1. The van der Waals surface area contributed by atoms with Gasteiger partial charge in [0.1, 0.15) is 0 Å². The fraction of sp³-hybridized carbons (Fsp3) is 0.333. The molecule has 144 valence electrons. The largest absolute Gasteiger partial charge is 0.503 e. The maximum atomic E-state index is 12.1. The van der Waals surface area contributed by atoms with Gasteiger partial charge in [-0.2, -0.15) is 5.10 Å². The Morgan fingerprint density at radius 2 is 1.93 bits per heavy atom. The number of benzene rings is 2. The van der Waals surface area contributed by atoms with Crippen molar-refractivity contribution in [2.45, 2.75) is 39.5 Å². The Kier molecular flexibility index (Phi) is 6.86. The average Bonchev–Trinajstić information content (AvgIpc) is 2.59. The Hall–Kier alpha value is -2.53. The van der Waals surface area contributed by atoms with E-state index in [1.165, 1.54) is 11.8 Å². The van der Waals surface area contributed by atoms with E-state index in [0.29, 0.717) is 12.2 Å². The lowest BCUT2D eigenvalue weighted by Gasteiger charge is -2.19. The van der Waals surface area contributed by atoms with Gasteiger partial charge in [0, 0.05) is 0 Å². The molecule has 0 spiro atoms. The summed E-state index contributed by atoms with van der Waals surface area (Å²) in [5.74, 6) is -0.0558. The number of nitrogens with zero attached hydrogens (tertiary/aromatic N) is 1. The zero-order valence-corrected chi connectivity index (χ0v) is 16.8. The number of hydrogen-bond acceptors (Lipinski definition) is 4. The van der Waals surface area contributed by atoms with Crippen molar-refractivity contribution in [1.82, 2.24) is 5.43 Å². The molecule has 2 aromatic rings. The summed E-state index contributed by atoms with van der Waals surface area (Å²) in [5.41, 5.74) is 5.32. The van der Waals surface area contributed by atoms with Gasteiger partial charge in [0.2, 0.25) is 5.91 Å². The van der Waals surface area contributed by atoms with Crippen molar-refractivity contribution in [3.8, 4) is 11.5 Å². The molecule has 0 radical (unpaired) electrons. The van der Waals surface area contributed by atoms with Gasteiger partial charge in [-0.05, 0) is 41.2 Å². The summed E-state index contributed by atoms with van der Waals surface area (Å²) >= 11 is 5.97. The van der Waals surface area contributed by atoms with E-state index in [2.05, 4.69) is 31.3 Å². The molecule has 0 heterocycles. The zero-order chi connectivity index (χ0) is 20.0. The van der Waals surface area contributed by atoms with Crippen LogP contribution in [-0.2, 0) is 16.6 Å². The second kappa shape index (κ2) is 8.91. The van der Waals surface area contributed by atoms with Crippen molar-refractivity contribution < 1.29 is 14.6 Å². The van der Waals surface area contributed by atoms with Gasteiger partial charge in [0.05, 0.1) is 24.3 Å². The van der Waals surface area contributed by atoms with Crippen molar-refractivity contribution in [3.63, 3.8) is 0 Å². The number of halogens is 1. The minimum absolute atomic E-state index is 0.0802. The van der Waals surface area contributed by atoms with Crippen LogP contribution in [0.1, 0.15) is 44.4 Å². The standard InChI is InChI=1S/C21H25ClN2O3/c1-5-27-18-11-15(10-17(22)20(18)26)13-23-24-19(25)12-14-6-8-16(9-7-14)21(2,3)4/h6-11,13,26H,5,12H2,1-4H3,(H,24,25)/b23-13-. The molecule has 2 rings (SSSR count). The topological polar surface area (TPSA) is 70.9 Å². The van der Waals surface area contributed by atoms with Crippen LogP contribution in [0, 0.1) is 0 Å². The van der Waals surface area contributed by atoms with Crippen LogP contribution in [0.15, 0.2) is 41.5 Å². The van der Waals surface area contributed by atoms with Gasteiger partial charge in [-0.3, -0.25) is 4.79 Å². The SMILES string of the molecule is CCOc1cc(/C=N\NC(=O)Cc2ccc(C(C)(C)C)cc2)cc(Cl)c1O. The first-order valence-corrected chi connectivity index (χ1v) is 9.15. The van der Waals surface area contributed by atoms with E-state index in [1.807, 2.05) is 31.2 Å². The van der Waals surface area contributed by atoms with Gasteiger partial charge in [0.15, 0.2) is 11.5 Å². The Labute approximate surface area is 165 Å². The third-order valence-corrected chi connectivity index (χ3v) is 4.23. The van der Waals surface area contributed by atoms with E-state index in [-0.39, 0.29) is 34.3 Å². The Bertz CT molecular complexity index is 825. The highest BCUT2D eigenvalue weighted by molar-refractivity contribution is 6.32. The number of phenols is 1. The number of nitrogens with one attached hydrogen (secondary N) is 1. The Morgan fingerprint density at radius 3 is 2.52 bits per heavy atom. The maximum absolute atomic E-state index is 12.1. The van der Waals surface area contributed by atoms with Crippen LogP contribution in [0.5, 0.6) is 11.5 Å². The van der Waals surface area contributed by atoms with Crippen LogP contribution in [0.4, 0.5) is 0 Å². The van der Waals surface area contributed by atoms with E-state index < -0.39 is 0 Å². The second-order valence-electron chi connectivity index (χ2n) is 7.20. The first kappa shape index (κ1) is 20.8. The smallest absolute Gasteiger partial charge is 0.244 e. The zero-order valence-electron chi connectivity index (χ0n) is 16.0. The van der Waals surface area contributed by atoms with Crippen molar-refractivity contribution in [1.29, 1.82) is 0 Å². The molecule has 0 saturated heterocycles. The van der Waals surface area contributed by atoms with E-state index in [9.17, 15) is 9.90 Å². The molecule has 5 nitrogen and oxygen atoms in total. The summed E-state index contributed by atoms with van der Waals surface area (Å²) in [6.07, 6.45) is 1.69. The summed E-state index contributed by atoms with van der Waals surface area (Å²) in [7, 11) is 0. The number of phenolic OH excluding ortho intramolecular Hbond substituents is 1. The predicted octanol–water partition coefficient (Wildman–Crippen LogP) is 4.43. The van der Waals surface area contributed by atoms with Gasteiger partial charge < -0.3 is 9.84 Å². The molecule has 0 bridgehead atoms. The van der Waals surface area contributed by atoms with Crippen LogP contribution in [0.25, 0.3) is 0 Å². The van der Waals surface area contributed by atoms with Crippen molar-refractivity contribution in [3.05, 3.63) is 58.1 Å². The van der Waals surface area contributed by atoms with Crippen LogP contribution in [0.3, 0.4) is 0 Å². The molecule has 1 amide bonds. The number of hydrogen-bond donors (Lipinski definition) is 2. The molecule has 0 aliphatic heterocycles. The summed E-state index contributed by atoms with van der Waals surface area (Å²) < 4.78 is 5.31. The number of ether oxygens (including phenoxy) is 1. The number of carbonyl (C=O) groups is 1. The van der Waals surface area contributed by atoms with Crippen molar-refractivity contribution in [2.24, 2.45) is 5.10 Å². The fourth-order valence-electron chi connectivity index (χ4n) is 2.46. The molecular weight excluding hydrogens is 364 g/mol.